The third-order valence-corrected chi connectivity index (χ3v) is 4.81. The summed E-state index contributed by atoms with van der Waals surface area (Å²) in [6.07, 6.45) is 0. The van der Waals surface area contributed by atoms with Gasteiger partial charge in [-0.05, 0) is 37.1 Å². The molecule has 5 nitrogen and oxygen atoms in total. The van der Waals surface area contributed by atoms with Gasteiger partial charge in [0.05, 0.1) is 0 Å². The van der Waals surface area contributed by atoms with Crippen molar-refractivity contribution in [1.29, 1.82) is 0 Å². The molecule has 2 amide bonds. The lowest BCUT2D eigenvalue weighted by Crippen LogP contribution is -2.52. The highest BCUT2D eigenvalue weighted by molar-refractivity contribution is 6.32. The van der Waals surface area contributed by atoms with Crippen LogP contribution in [0.25, 0.3) is 0 Å². The maximum Gasteiger partial charge on any atom is 0.260 e. The standard InChI is InChI=1S/C18H25ClN2O3/c1-12(2)18(23)21-7-5-20(6-8-21)16(22)11-24-15-9-13(3)17(19)14(4)10-15/h9-10,12H,5-8,11H2,1-4H3. The van der Waals surface area contributed by atoms with Crippen LogP contribution in [-0.2, 0) is 9.59 Å². The van der Waals surface area contributed by atoms with E-state index in [1.54, 1.807) is 4.90 Å². The summed E-state index contributed by atoms with van der Waals surface area (Å²) in [6.45, 7) is 9.89. The molecule has 2 rings (SSSR count). The van der Waals surface area contributed by atoms with Gasteiger partial charge in [-0.25, -0.2) is 0 Å². The number of hydrogen-bond acceptors (Lipinski definition) is 3. The summed E-state index contributed by atoms with van der Waals surface area (Å²) in [6, 6.07) is 3.67. The number of halogens is 1. The molecule has 0 atom stereocenters. The van der Waals surface area contributed by atoms with E-state index in [1.165, 1.54) is 0 Å². The summed E-state index contributed by atoms with van der Waals surface area (Å²) in [4.78, 5) is 27.8. The molecule has 0 aliphatic carbocycles. The van der Waals surface area contributed by atoms with Gasteiger partial charge in [0.1, 0.15) is 5.75 Å². The predicted octanol–water partition coefficient (Wildman–Crippen LogP) is 2.66. The number of piperazine rings is 1. The van der Waals surface area contributed by atoms with Gasteiger partial charge in [0.25, 0.3) is 5.91 Å². The number of carbonyl (C=O) groups excluding carboxylic acids is 2. The second-order valence-electron chi connectivity index (χ2n) is 6.52. The molecule has 1 fully saturated rings. The Labute approximate surface area is 148 Å². The van der Waals surface area contributed by atoms with Gasteiger partial charge < -0.3 is 14.5 Å². The monoisotopic (exact) mass is 352 g/mol. The number of rotatable bonds is 4. The number of carbonyl (C=O) groups is 2. The first-order valence-corrected chi connectivity index (χ1v) is 8.63. The largest absolute Gasteiger partial charge is 0.484 e. The summed E-state index contributed by atoms with van der Waals surface area (Å²) in [5.74, 6) is 0.728. The van der Waals surface area contributed by atoms with Crippen LogP contribution in [0.5, 0.6) is 5.75 Å². The van der Waals surface area contributed by atoms with Gasteiger partial charge in [0.2, 0.25) is 5.91 Å². The van der Waals surface area contributed by atoms with Crippen molar-refractivity contribution in [2.45, 2.75) is 27.7 Å². The van der Waals surface area contributed by atoms with Crippen LogP contribution in [0.1, 0.15) is 25.0 Å². The van der Waals surface area contributed by atoms with Crippen LogP contribution in [0.15, 0.2) is 12.1 Å². The Hall–Kier alpha value is -1.75. The molecular formula is C18H25ClN2O3. The van der Waals surface area contributed by atoms with E-state index >= 15 is 0 Å². The molecule has 1 saturated heterocycles. The van der Waals surface area contributed by atoms with E-state index in [4.69, 9.17) is 16.3 Å². The smallest absolute Gasteiger partial charge is 0.260 e. The third-order valence-electron chi connectivity index (χ3n) is 4.21. The predicted molar refractivity (Wildman–Crippen MR) is 94.4 cm³/mol. The Bertz CT molecular complexity index is 600. The molecule has 0 N–H and O–H groups in total. The minimum Gasteiger partial charge on any atom is -0.484 e. The van der Waals surface area contributed by atoms with Crippen molar-refractivity contribution < 1.29 is 14.3 Å². The minimum atomic E-state index is -0.0584. The molecule has 0 bridgehead atoms. The van der Waals surface area contributed by atoms with Gasteiger partial charge in [-0.3, -0.25) is 9.59 Å². The zero-order valence-electron chi connectivity index (χ0n) is 14.8. The Morgan fingerprint density at radius 3 is 2.08 bits per heavy atom. The first-order valence-electron chi connectivity index (χ1n) is 8.25. The lowest BCUT2D eigenvalue weighted by molar-refractivity contribution is -0.142. The van der Waals surface area contributed by atoms with Crippen LogP contribution >= 0.6 is 11.6 Å². The Balaban J connectivity index is 1.85. The van der Waals surface area contributed by atoms with E-state index in [0.717, 1.165) is 16.1 Å². The van der Waals surface area contributed by atoms with Crippen molar-refractivity contribution >= 4 is 23.4 Å². The molecule has 6 heteroatoms. The second-order valence-corrected chi connectivity index (χ2v) is 6.90. The van der Waals surface area contributed by atoms with Crippen molar-refractivity contribution in [3.05, 3.63) is 28.3 Å². The van der Waals surface area contributed by atoms with E-state index < -0.39 is 0 Å². The van der Waals surface area contributed by atoms with Crippen LogP contribution in [0.3, 0.4) is 0 Å². The first-order chi connectivity index (χ1) is 11.3. The van der Waals surface area contributed by atoms with Gasteiger partial charge in [-0.2, -0.15) is 0 Å². The van der Waals surface area contributed by atoms with Crippen LogP contribution in [0, 0.1) is 19.8 Å². The number of ether oxygens (including phenoxy) is 1. The molecule has 1 aromatic carbocycles. The van der Waals surface area contributed by atoms with Crippen molar-refractivity contribution in [3.8, 4) is 5.75 Å². The van der Waals surface area contributed by atoms with Crippen LogP contribution in [-0.4, -0.2) is 54.4 Å². The summed E-state index contributed by atoms with van der Waals surface area (Å²) in [5, 5.41) is 0.722. The Morgan fingerprint density at radius 2 is 1.58 bits per heavy atom. The zero-order valence-corrected chi connectivity index (χ0v) is 15.5. The number of aryl methyl sites for hydroxylation is 2. The summed E-state index contributed by atoms with van der Waals surface area (Å²) in [5.41, 5.74) is 1.86. The molecule has 0 unspecified atom stereocenters. The molecule has 0 aromatic heterocycles. The van der Waals surface area contributed by atoms with Crippen molar-refractivity contribution in [2.24, 2.45) is 5.92 Å². The molecule has 24 heavy (non-hydrogen) atoms. The quantitative estimate of drug-likeness (QED) is 0.837. The van der Waals surface area contributed by atoms with E-state index in [1.807, 2.05) is 44.7 Å². The van der Waals surface area contributed by atoms with E-state index in [0.29, 0.717) is 31.9 Å². The fraction of sp³-hybridized carbons (Fsp3) is 0.556. The minimum absolute atomic E-state index is 0.00135. The maximum absolute atomic E-state index is 12.3. The highest BCUT2D eigenvalue weighted by atomic mass is 35.5. The maximum atomic E-state index is 12.3. The average Bonchev–Trinajstić information content (AvgIpc) is 2.56. The topological polar surface area (TPSA) is 49.9 Å². The van der Waals surface area contributed by atoms with Gasteiger partial charge in [0.15, 0.2) is 6.61 Å². The van der Waals surface area contributed by atoms with Crippen molar-refractivity contribution in [1.82, 2.24) is 9.80 Å². The van der Waals surface area contributed by atoms with E-state index in [9.17, 15) is 9.59 Å². The Kier molecular flexibility index (Phi) is 6.10. The molecule has 1 aromatic rings. The van der Waals surface area contributed by atoms with E-state index in [-0.39, 0.29) is 24.3 Å². The zero-order chi connectivity index (χ0) is 17.9. The summed E-state index contributed by atoms with van der Waals surface area (Å²) in [7, 11) is 0. The Morgan fingerprint density at radius 1 is 1.08 bits per heavy atom. The van der Waals surface area contributed by atoms with Crippen LogP contribution < -0.4 is 4.74 Å². The van der Waals surface area contributed by atoms with E-state index in [2.05, 4.69) is 0 Å². The highest BCUT2D eigenvalue weighted by Gasteiger charge is 2.25. The first kappa shape index (κ1) is 18.6. The third kappa shape index (κ3) is 4.41. The normalized spacial score (nSPS) is 14.9. The second kappa shape index (κ2) is 7.88. The molecule has 1 aliphatic rings. The lowest BCUT2D eigenvalue weighted by atomic mass is 10.1. The SMILES string of the molecule is Cc1cc(OCC(=O)N2CCN(C(=O)C(C)C)CC2)cc(C)c1Cl. The number of hydrogen-bond donors (Lipinski definition) is 0. The number of benzene rings is 1. The van der Waals surface area contributed by atoms with Crippen molar-refractivity contribution in [3.63, 3.8) is 0 Å². The molecule has 132 valence electrons. The molecule has 0 radical (unpaired) electrons. The molecule has 1 aliphatic heterocycles. The van der Waals surface area contributed by atoms with Gasteiger partial charge in [0, 0.05) is 37.1 Å². The number of amides is 2. The highest BCUT2D eigenvalue weighted by Crippen LogP contribution is 2.25. The average molecular weight is 353 g/mol. The summed E-state index contributed by atoms with van der Waals surface area (Å²) < 4.78 is 5.62. The lowest BCUT2D eigenvalue weighted by Gasteiger charge is -2.35. The van der Waals surface area contributed by atoms with Crippen molar-refractivity contribution in [2.75, 3.05) is 32.8 Å². The molecular weight excluding hydrogens is 328 g/mol. The molecule has 1 heterocycles. The number of nitrogens with zero attached hydrogens (tertiary/aromatic N) is 2. The van der Waals surface area contributed by atoms with Gasteiger partial charge in [-0.15, -0.1) is 0 Å². The molecule has 0 saturated carbocycles. The van der Waals surface area contributed by atoms with Crippen LogP contribution in [0.2, 0.25) is 5.02 Å². The fourth-order valence-corrected chi connectivity index (χ4v) is 2.88. The molecule has 0 spiro atoms. The van der Waals surface area contributed by atoms with Crippen LogP contribution in [0.4, 0.5) is 0 Å². The van der Waals surface area contributed by atoms with Gasteiger partial charge >= 0.3 is 0 Å². The summed E-state index contributed by atoms with van der Waals surface area (Å²) >= 11 is 6.13. The fourth-order valence-electron chi connectivity index (χ4n) is 2.77. The van der Waals surface area contributed by atoms with Gasteiger partial charge in [-0.1, -0.05) is 25.4 Å².